The monoisotopic (exact) mass is 243 g/mol. The lowest BCUT2D eigenvalue weighted by Gasteiger charge is -2.34. The molecule has 0 saturated heterocycles. The van der Waals surface area contributed by atoms with Crippen LogP contribution < -0.4 is 0 Å². The molecule has 2 rings (SSSR count). The van der Waals surface area contributed by atoms with E-state index in [1.807, 2.05) is 11.9 Å². The average molecular weight is 243 g/mol. The predicted molar refractivity (Wildman–Crippen MR) is 66.5 cm³/mol. The van der Waals surface area contributed by atoms with Gasteiger partial charge >= 0.3 is 0 Å². The lowest BCUT2D eigenvalue weighted by Crippen LogP contribution is -2.40. The normalized spacial score (nSPS) is 30.7. The molecular weight excluding hydrogens is 222 g/mol. The summed E-state index contributed by atoms with van der Waals surface area (Å²) in [6, 6.07) is 0. The zero-order valence-electron chi connectivity index (χ0n) is 9.85. The number of hydrogen-bond acceptors (Lipinski definition) is 3. The molecule has 0 radical (unpaired) electrons. The summed E-state index contributed by atoms with van der Waals surface area (Å²) in [5, 5.41) is 9.19. The third kappa shape index (κ3) is 2.72. The SMILES string of the molecule is CN(CC1CC(O)C1)C(=O)CC1(CS)CC1. The van der Waals surface area contributed by atoms with Crippen molar-refractivity contribution in [1.29, 1.82) is 0 Å². The number of rotatable bonds is 5. The van der Waals surface area contributed by atoms with Gasteiger partial charge in [0, 0.05) is 20.0 Å². The highest BCUT2D eigenvalue weighted by Crippen LogP contribution is 2.49. The van der Waals surface area contributed by atoms with Gasteiger partial charge in [0.15, 0.2) is 0 Å². The van der Waals surface area contributed by atoms with Crippen molar-refractivity contribution in [2.45, 2.75) is 38.2 Å². The number of carbonyl (C=O) groups is 1. The fraction of sp³-hybridized carbons (Fsp3) is 0.917. The summed E-state index contributed by atoms with van der Waals surface area (Å²) in [7, 11) is 1.88. The van der Waals surface area contributed by atoms with Gasteiger partial charge in [0.2, 0.25) is 5.91 Å². The number of hydrogen-bond donors (Lipinski definition) is 2. The molecule has 2 aliphatic rings. The summed E-state index contributed by atoms with van der Waals surface area (Å²) in [5.74, 6) is 1.58. The van der Waals surface area contributed by atoms with Gasteiger partial charge in [-0.15, -0.1) is 0 Å². The first-order chi connectivity index (χ1) is 7.54. The van der Waals surface area contributed by atoms with Crippen molar-refractivity contribution in [3.8, 4) is 0 Å². The zero-order valence-corrected chi connectivity index (χ0v) is 10.7. The van der Waals surface area contributed by atoms with E-state index in [2.05, 4.69) is 12.6 Å². The maximum atomic E-state index is 11.9. The Morgan fingerprint density at radius 2 is 2.12 bits per heavy atom. The highest BCUT2D eigenvalue weighted by molar-refractivity contribution is 7.80. The lowest BCUT2D eigenvalue weighted by molar-refractivity contribution is -0.132. The van der Waals surface area contributed by atoms with Crippen molar-refractivity contribution < 1.29 is 9.90 Å². The maximum Gasteiger partial charge on any atom is 0.222 e. The van der Waals surface area contributed by atoms with Gasteiger partial charge in [-0.25, -0.2) is 0 Å². The van der Waals surface area contributed by atoms with Crippen LogP contribution in [-0.2, 0) is 4.79 Å². The third-order valence-electron chi connectivity index (χ3n) is 3.99. The van der Waals surface area contributed by atoms with Gasteiger partial charge in [-0.2, -0.15) is 12.6 Å². The van der Waals surface area contributed by atoms with E-state index in [9.17, 15) is 9.90 Å². The van der Waals surface area contributed by atoms with E-state index >= 15 is 0 Å². The maximum absolute atomic E-state index is 11.9. The molecule has 92 valence electrons. The molecule has 0 heterocycles. The molecule has 3 nitrogen and oxygen atoms in total. The summed E-state index contributed by atoms with van der Waals surface area (Å²) >= 11 is 4.31. The number of carbonyl (C=O) groups excluding carboxylic acids is 1. The van der Waals surface area contributed by atoms with Crippen molar-refractivity contribution in [3.05, 3.63) is 0 Å². The minimum absolute atomic E-state index is 0.124. The van der Waals surface area contributed by atoms with E-state index in [0.717, 1.165) is 38.0 Å². The minimum Gasteiger partial charge on any atom is -0.393 e. The van der Waals surface area contributed by atoms with Crippen molar-refractivity contribution in [2.75, 3.05) is 19.3 Å². The van der Waals surface area contributed by atoms with Gasteiger partial charge in [-0.3, -0.25) is 4.79 Å². The molecule has 0 atom stereocenters. The Balaban J connectivity index is 1.72. The number of nitrogens with zero attached hydrogens (tertiary/aromatic N) is 1. The second-order valence-electron chi connectivity index (χ2n) is 5.60. The van der Waals surface area contributed by atoms with E-state index in [1.165, 1.54) is 0 Å². The molecule has 0 unspecified atom stereocenters. The van der Waals surface area contributed by atoms with E-state index in [-0.39, 0.29) is 17.4 Å². The summed E-state index contributed by atoms with van der Waals surface area (Å²) in [4.78, 5) is 13.8. The van der Waals surface area contributed by atoms with Gasteiger partial charge in [-0.1, -0.05) is 0 Å². The standard InChI is InChI=1S/C12H21NO2S/c1-13(7-9-4-10(14)5-9)11(15)6-12(8-16)2-3-12/h9-10,14,16H,2-8H2,1H3. The lowest BCUT2D eigenvalue weighted by atomic mass is 9.82. The number of thiol groups is 1. The van der Waals surface area contributed by atoms with Crippen LogP contribution in [0.3, 0.4) is 0 Å². The smallest absolute Gasteiger partial charge is 0.222 e. The second-order valence-corrected chi connectivity index (χ2v) is 5.92. The Kier molecular flexibility index (Phi) is 3.50. The molecule has 0 spiro atoms. The zero-order chi connectivity index (χ0) is 11.8. The second kappa shape index (κ2) is 4.57. The van der Waals surface area contributed by atoms with Gasteiger partial charge in [0.25, 0.3) is 0 Å². The first-order valence-electron chi connectivity index (χ1n) is 6.07. The molecule has 2 aliphatic carbocycles. The van der Waals surface area contributed by atoms with E-state index in [0.29, 0.717) is 12.3 Å². The van der Waals surface area contributed by atoms with Crippen molar-refractivity contribution >= 4 is 18.5 Å². The van der Waals surface area contributed by atoms with E-state index in [4.69, 9.17) is 0 Å². The minimum atomic E-state index is -0.124. The summed E-state index contributed by atoms with van der Waals surface area (Å²) in [5.41, 5.74) is 0.216. The van der Waals surface area contributed by atoms with Crippen LogP contribution in [0.4, 0.5) is 0 Å². The molecule has 0 aromatic carbocycles. The first-order valence-corrected chi connectivity index (χ1v) is 6.71. The molecule has 0 aromatic heterocycles. The highest BCUT2D eigenvalue weighted by atomic mass is 32.1. The average Bonchev–Trinajstić information content (AvgIpc) is 2.96. The van der Waals surface area contributed by atoms with Crippen molar-refractivity contribution in [3.63, 3.8) is 0 Å². The molecule has 2 fully saturated rings. The highest BCUT2D eigenvalue weighted by Gasteiger charge is 2.43. The first kappa shape index (κ1) is 12.2. The van der Waals surface area contributed by atoms with E-state index in [1.54, 1.807) is 0 Å². The predicted octanol–water partition coefficient (Wildman–Crippen LogP) is 1.32. The van der Waals surface area contributed by atoms with Crippen LogP contribution >= 0.6 is 12.6 Å². The molecule has 1 amide bonds. The Morgan fingerprint density at radius 3 is 2.56 bits per heavy atom. The number of aliphatic hydroxyl groups is 1. The molecule has 0 aliphatic heterocycles. The van der Waals surface area contributed by atoms with Crippen LogP contribution in [0.15, 0.2) is 0 Å². The molecule has 16 heavy (non-hydrogen) atoms. The summed E-state index contributed by atoms with van der Waals surface area (Å²) in [6.45, 7) is 0.804. The van der Waals surface area contributed by atoms with E-state index < -0.39 is 0 Å². The van der Waals surface area contributed by atoms with Crippen LogP contribution in [0.25, 0.3) is 0 Å². The quantitative estimate of drug-likeness (QED) is 0.715. The number of amides is 1. The molecule has 0 aromatic rings. The Labute approximate surface area is 103 Å². The van der Waals surface area contributed by atoms with Crippen LogP contribution in [0.1, 0.15) is 32.1 Å². The Morgan fingerprint density at radius 1 is 1.50 bits per heavy atom. The fourth-order valence-electron chi connectivity index (χ4n) is 2.36. The molecule has 2 saturated carbocycles. The molecule has 0 bridgehead atoms. The largest absolute Gasteiger partial charge is 0.393 e. The third-order valence-corrected chi connectivity index (χ3v) is 4.66. The summed E-state index contributed by atoms with van der Waals surface area (Å²) < 4.78 is 0. The summed E-state index contributed by atoms with van der Waals surface area (Å²) in [6.07, 6.45) is 4.55. The number of aliphatic hydroxyl groups excluding tert-OH is 1. The Bertz CT molecular complexity index is 272. The van der Waals surface area contributed by atoms with Gasteiger partial charge in [-0.05, 0) is 42.8 Å². The van der Waals surface area contributed by atoms with Crippen LogP contribution in [0.2, 0.25) is 0 Å². The van der Waals surface area contributed by atoms with Gasteiger partial charge in [0.1, 0.15) is 0 Å². The topological polar surface area (TPSA) is 40.5 Å². The Hall–Kier alpha value is -0.220. The van der Waals surface area contributed by atoms with Crippen molar-refractivity contribution in [2.24, 2.45) is 11.3 Å². The molecule has 4 heteroatoms. The van der Waals surface area contributed by atoms with Crippen molar-refractivity contribution in [1.82, 2.24) is 4.90 Å². The van der Waals surface area contributed by atoms with Crippen LogP contribution in [0.5, 0.6) is 0 Å². The van der Waals surface area contributed by atoms with Crippen LogP contribution in [0, 0.1) is 11.3 Å². The van der Waals surface area contributed by atoms with Gasteiger partial charge in [0.05, 0.1) is 6.10 Å². The molecular formula is C12H21NO2S. The molecule has 1 N–H and O–H groups in total. The van der Waals surface area contributed by atoms with Gasteiger partial charge < -0.3 is 10.0 Å². The van der Waals surface area contributed by atoms with Crippen LogP contribution in [-0.4, -0.2) is 41.4 Å². The fourth-order valence-corrected chi connectivity index (χ4v) is 2.79.